The summed E-state index contributed by atoms with van der Waals surface area (Å²) in [5.41, 5.74) is 3.83. The molecule has 1 saturated carbocycles. The molecule has 0 spiro atoms. The summed E-state index contributed by atoms with van der Waals surface area (Å²) in [6.45, 7) is 0.227. The fourth-order valence-corrected chi connectivity index (χ4v) is 4.92. The molecular weight excluding hydrogens is 459 g/mol. The lowest BCUT2D eigenvalue weighted by atomic mass is 9.79. The van der Waals surface area contributed by atoms with Gasteiger partial charge in [0.2, 0.25) is 0 Å². The number of hydrogen-bond donors (Lipinski definition) is 2. The fraction of sp³-hybridized carbons (Fsp3) is 0.500. The van der Waals surface area contributed by atoms with Gasteiger partial charge in [0.1, 0.15) is 11.9 Å². The number of pyridine rings is 1. The van der Waals surface area contributed by atoms with E-state index >= 15 is 0 Å². The van der Waals surface area contributed by atoms with Gasteiger partial charge in [-0.2, -0.15) is 0 Å². The van der Waals surface area contributed by atoms with Crippen LogP contribution >= 0.6 is 11.6 Å². The highest BCUT2D eigenvalue weighted by atomic mass is 35.5. The number of rotatable bonds is 10. The number of fused-ring (bicyclic) bond motifs is 1. The molecule has 6 nitrogen and oxygen atoms in total. The van der Waals surface area contributed by atoms with Crippen LogP contribution in [0.2, 0.25) is 5.02 Å². The summed E-state index contributed by atoms with van der Waals surface area (Å²) in [5, 5.41) is 11.9. The molecule has 2 aliphatic carbocycles. The second-order valence-corrected chi connectivity index (χ2v) is 9.73. The first kappa shape index (κ1) is 24.6. The monoisotopic (exact) mass is 488 g/mol. The van der Waals surface area contributed by atoms with Gasteiger partial charge < -0.3 is 15.2 Å². The lowest BCUT2D eigenvalue weighted by Crippen LogP contribution is -2.42. The van der Waals surface area contributed by atoms with Crippen molar-refractivity contribution in [2.75, 3.05) is 6.61 Å². The van der Waals surface area contributed by atoms with Gasteiger partial charge in [0.05, 0.1) is 6.10 Å². The number of aryl methyl sites for hydroxylation is 3. The van der Waals surface area contributed by atoms with Crippen LogP contribution in [-0.4, -0.2) is 40.7 Å². The van der Waals surface area contributed by atoms with Gasteiger partial charge in [-0.15, -0.1) is 0 Å². The number of benzene rings is 1. The SMILES string of the molecule is O=C(NC(CCOC1CC(CCc2ccc3c(n2)CCCC3)C1)C(=O)O)c1cc(F)cc(Cl)c1. The predicted octanol–water partition coefficient (Wildman–Crippen LogP) is 4.75. The molecule has 2 aromatic rings. The van der Waals surface area contributed by atoms with Crippen molar-refractivity contribution in [1.29, 1.82) is 0 Å². The molecule has 1 heterocycles. The maximum absolute atomic E-state index is 13.5. The molecule has 1 atom stereocenters. The summed E-state index contributed by atoms with van der Waals surface area (Å²) in [5.74, 6) is -1.91. The van der Waals surface area contributed by atoms with Crippen LogP contribution in [-0.2, 0) is 28.8 Å². The molecule has 1 aromatic heterocycles. The van der Waals surface area contributed by atoms with Gasteiger partial charge in [0.25, 0.3) is 5.91 Å². The highest BCUT2D eigenvalue weighted by Gasteiger charge is 2.30. The number of nitrogens with one attached hydrogen (secondary N) is 1. The first-order valence-electron chi connectivity index (χ1n) is 12.0. The number of aliphatic carboxylic acids is 1. The smallest absolute Gasteiger partial charge is 0.326 e. The third-order valence-corrected chi connectivity index (χ3v) is 6.94. The molecule has 182 valence electrons. The molecule has 0 radical (unpaired) electrons. The number of carbonyl (C=O) groups excluding carboxylic acids is 1. The van der Waals surface area contributed by atoms with Crippen LogP contribution in [0, 0.1) is 11.7 Å². The Bertz CT molecular complexity index is 1020. The molecule has 0 aliphatic heterocycles. The van der Waals surface area contributed by atoms with Gasteiger partial charge in [0, 0.05) is 35.0 Å². The normalized spacial score (nSPS) is 20.2. The summed E-state index contributed by atoms with van der Waals surface area (Å²) in [7, 11) is 0. The minimum absolute atomic E-state index is 0.0209. The number of hydrogen-bond acceptors (Lipinski definition) is 4. The Balaban J connectivity index is 1.16. The molecule has 2 aliphatic rings. The second-order valence-electron chi connectivity index (χ2n) is 9.30. The number of ether oxygens (including phenoxy) is 1. The molecule has 0 bridgehead atoms. The quantitative estimate of drug-likeness (QED) is 0.503. The lowest BCUT2D eigenvalue weighted by Gasteiger charge is -2.35. The van der Waals surface area contributed by atoms with Crippen molar-refractivity contribution in [2.24, 2.45) is 5.92 Å². The molecule has 4 rings (SSSR count). The molecule has 1 fully saturated rings. The number of carboxylic acids is 1. The van der Waals surface area contributed by atoms with E-state index in [-0.39, 0.29) is 29.7 Å². The van der Waals surface area contributed by atoms with Crippen molar-refractivity contribution in [3.05, 3.63) is 63.7 Å². The van der Waals surface area contributed by atoms with Gasteiger partial charge in [-0.1, -0.05) is 17.7 Å². The van der Waals surface area contributed by atoms with Crippen LogP contribution < -0.4 is 5.32 Å². The van der Waals surface area contributed by atoms with Gasteiger partial charge in [-0.05, 0) is 87.1 Å². The third-order valence-electron chi connectivity index (χ3n) is 6.73. The Morgan fingerprint density at radius 2 is 2.00 bits per heavy atom. The average Bonchev–Trinajstić information content (AvgIpc) is 2.78. The topological polar surface area (TPSA) is 88.5 Å². The summed E-state index contributed by atoms with van der Waals surface area (Å²) in [6, 6.07) is 6.67. The first-order valence-corrected chi connectivity index (χ1v) is 12.3. The van der Waals surface area contributed by atoms with E-state index in [0.29, 0.717) is 5.92 Å². The highest BCUT2D eigenvalue weighted by Crippen LogP contribution is 2.34. The summed E-state index contributed by atoms with van der Waals surface area (Å²) in [4.78, 5) is 28.7. The summed E-state index contributed by atoms with van der Waals surface area (Å²) in [6.07, 6.45) is 8.95. The van der Waals surface area contributed by atoms with E-state index in [1.807, 2.05) is 0 Å². The van der Waals surface area contributed by atoms with Crippen molar-refractivity contribution < 1.29 is 23.8 Å². The number of nitrogens with zero attached hydrogens (tertiary/aromatic N) is 1. The number of amides is 1. The van der Waals surface area contributed by atoms with E-state index in [0.717, 1.165) is 50.7 Å². The molecule has 8 heteroatoms. The molecule has 34 heavy (non-hydrogen) atoms. The van der Waals surface area contributed by atoms with Crippen LogP contribution in [0.4, 0.5) is 4.39 Å². The van der Waals surface area contributed by atoms with Gasteiger partial charge >= 0.3 is 5.97 Å². The van der Waals surface area contributed by atoms with Crippen LogP contribution in [0.25, 0.3) is 0 Å². The van der Waals surface area contributed by atoms with Crippen molar-refractivity contribution in [1.82, 2.24) is 10.3 Å². The molecule has 1 aromatic carbocycles. The van der Waals surface area contributed by atoms with Crippen LogP contribution in [0.1, 0.15) is 65.8 Å². The van der Waals surface area contributed by atoms with Gasteiger partial charge in [0.15, 0.2) is 0 Å². The minimum atomic E-state index is -1.16. The van der Waals surface area contributed by atoms with E-state index < -0.39 is 23.7 Å². The molecule has 0 saturated heterocycles. The van der Waals surface area contributed by atoms with Crippen molar-refractivity contribution in [2.45, 2.75) is 69.9 Å². The number of carboxylic acid groups (broad SMARTS) is 1. The largest absolute Gasteiger partial charge is 0.480 e. The number of aromatic nitrogens is 1. The lowest BCUT2D eigenvalue weighted by molar-refractivity contribution is -0.140. The van der Waals surface area contributed by atoms with Crippen molar-refractivity contribution >= 4 is 23.5 Å². The van der Waals surface area contributed by atoms with Crippen LogP contribution in [0.5, 0.6) is 0 Å². The average molecular weight is 489 g/mol. The van der Waals surface area contributed by atoms with E-state index in [9.17, 15) is 19.1 Å². The van der Waals surface area contributed by atoms with Gasteiger partial charge in [-0.3, -0.25) is 9.78 Å². The summed E-state index contributed by atoms with van der Waals surface area (Å²) < 4.78 is 19.3. The molecule has 2 N–H and O–H groups in total. The Labute approximate surface area is 203 Å². The minimum Gasteiger partial charge on any atom is -0.480 e. The second kappa shape index (κ2) is 11.3. The fourth-order valence-electron chi connectivity index (χ4n) is 4.70. The first-order chi connectivity index (χ1) is 16.4. The van der Waals surface area contributed by atoms with E-state index in [2.05, 4.69) is 17.4 Å². The maximum atomic E-state index is 13.5. The zero-order chi connectivity index (χ0) is 24.1. The third kappa shape index (κ3) is 6.54. The van der Waals surface area contributed by atoms with Crippen LogP contribution in [0.15, 0.2) is 30.3 Å². The van der Waals surface area contributed by atoms with E-state index in [4.69, 9.17) is 21.3 Å². The number of halogens is 2. The molecular formula is C26H30ClFN2O4. The maximum Gasteiger partial charge on any atom is 0.326 e. The molecule has 1 unspecified atom stereocenters. The van der Waals surface area contributed by atoms with Crippen molar-refractivity contribution in [3.63, 3.8) is 0 Å². The Morgan fingerprint density at radius 3 is 2.76 bits per heavy atom. The standard InChI is InChI=1S/C26H30ClFN2O4/c27-19-13-18(14-20(28)15-19)25(31)30-24(26(32)33)9-10-34-22-11-16(12-22)5-7-21-8-6-17-3-1-2-4-23(17)29-21/h6,8,13-16,22,24H,1-5,7,9-12H2,(H,30,31)(H,32,33). The Hall–Kier alpha value is -2.51. The zero-order valence-corrected chi connectivity index (χ0v) is 19.8. The Kier molecular flexibility index (Phi) is 8.16. The van der Waals surface area contributed by atoms with Crippen molar-refractivity contribution in [3.8, 4) is 0 Å². The van der Waals surface area contributed by atoms with E-state index in [1.54, 1.807) is 0 Å². The van der Waals surface area contributed by atoms with Crippen LogP contribution in [0.3, 0.4) is 0 Å². The Morgan fingerprint density at radius 1 is 1.21 bits per heavy atom. The van der Waals surface area contributed by atoms with E-state index in [1.165, 1.54) is 35.9 Å². The molecule has 1 amide bonds. The zero-order valence-electron chi connectivity index (χ0n) is 19.1. The highest BCUT2D eigenvalue weighted by molar-refractivity contribution is 6.31. The van der Waals surface area contributed by atoms with Gasteiger partial charge in [-0.25, -0.2) is 9.18 Å². The number of carbonyl (C=O) groups is 2. The summed E-state index contributed by atoms with van der Waals surface area (Å²) >= 11 is 5.77. The predicted molar refractivity (Wildman–Crippen MR) is 127 cm³/mol.